The Bertz CT molecular complexity index is 1550. The van der Waals surface area contributed by atoms with Crippen molar-refractivity contribution in [2.24, 2.45) is 11.1 Å². The van der Waals surface area contributed by atoms with Gasteiger partial charge in [0.1, 0.15) is 6.04 Å². The standard InChI is InChI=1S/C39H49ClN4O5/c1-27(41)36(46)43-35(28(2)49-26-30-14-8-5-9-15-30)37(47)44-21-11-18-34(44)19-20-39(3,24-31-16-10-17-32(40)22-31)38(48)42-33(25-45)23-29-12-6-4-7-13-29/h4-10,12-17,19-20,22,27-28,33-35,45H,11,18,21,23-26,41H2,1-3H3,(H,42,48)(H,43,46)/b20-19+/t27-,28?,33-,34-,35-,39-/m0/s1. The van der Waals surface area contributed by atoms with E-state index >= 15 is 0 Å². The van der Waals surface area contributed by atoms with Crippen molar-refractivity contribution in [2.45, 2.75) is 83.3 Å². The predicted octanol–water partition coefficient (Wildman–Crippen LogP) is 4.59. The molecular formula is C39H49ClN4O5. The van der Waals surface area contributed by atoms with E-state index in [0.717, 1.165) is 23.1 Å². The van der Waals surface area contributed by atoms with Gasteiger partial charge in [-0.1, -0.05) is 96.5 Å². The number of nitrogens with zero attached hydrogens (tertiary/aromatic N) is 1. The van der Waals surface area contributed by atoms with Gasteiger partial charge in [-0.15, -0.1) is 0 Å². The lowest BCUT2D eigenvalue weighted by Gasteiger charge is -2.32. The van der Waals surface area contributed by atoms with E-state index in [4.69, 9.17) is 22.1 Å². The second kappa shape index (κ2) is 18.1. The Morgan fingerprint density at radius 2 is 1.65 bits per heavy atom. The van der Waals surface area contributed by atoms with Crippen molar-refractivity contribution in [3.63, 3.8) is 0 Å². The van der Waals surface area contributed by atoms with E-state index in [0.29, 0.717) is 30.8 Å². The number of amides is 3. The molecule has 9 nitrogen and oxygen atoms in total. The van der Waals surface area contributed by atoms with E-state index in [1.54, 1.807) is 24.8 Å². The van der Waals surface area contributed by atoms with Crippen LogP contribution in [0, 0.1) is 5.41 Å². The fourth-order valence-corrected chi connectivity index (χ4v) is 6.24. The summed E-state index contributed by atoms with van der Waals surface area (Å²) in [5.41, 5.74) is 7.65. The van der Waals surface area contributed by atoms with Crippen molar-refractivity contribution in [3.8, 4) is 0 Å². The molecule has 0 saturated carbocycles. The molecule has 49 heavy (non-hydrogen) atoms. The molecule has 1 aliphatic rings. The topological polar surface area (TPSA) is 134 Å². The Morgan fingerprint density at radius 1 is 1.00 bits per heavy atom. The summed E-state index contributed by atoms with van der Waals surface area (Å²) in [5, 5.41) is 16.6. The largest absolute Gasteiger partial charge is 0.394 e. The van der Waals surface area contributed by atoms with E-state index in [2.05, 4.69) is 10.6 Å². The lowest BCUT2D eigenvalue weighted by atomic mass is 9.81. The molecule has 1 unspecified atom stereocenters. The van der Waals surface area contributed by atoms with Crippen LogP contribution in [-0.4, -0.2) is 71.2 Å². The van der Waals surface area contributed by atoms with E-state index < -0.39 is 35.6 Å². The molecule has 10 heteroatoms. The smallest absolute Gasteiger partial charge is 0.248 e. The fourth-order valence-electron chi connectivity index (χ4n) is 6.03. The van der Waals surface area contributed by atoms with Crippen LogP contribution < -0.4 is 16.4 Å². The monoisotopic (exact) mass is 688 g/mol. The van der Waals surface area contributed by atoms with Crippen molar-refractivity contribution >= 4 is 29.3 Å². The summed E-state index contributed by atoms with van der Waals surface area (Å²) in [6, 6.07) is 24.2. The number of carbonyl (C=O) groups excluding carboxylic acids is 3. The summed E-state index contributed by atoms with van der Waals surface area (Å²) in [4.78, 5) is 42.7. The van der Waals surface area contributed by atoms with Crippen molar-refractivity contribution in [1.29, 1.82) is 0 Å². The van der Waals surface area contributed by atoms with Crippen LogP contribution in [-0.2, 0) is 38.6 Å². The highest BCUT2D eigenvalue weighted by Gasteiger charge is 2.38. The Hall–Kier alpha value is -4.02. The number of ether oxygens (including phenoxy) is 1. The minimum absolute atomic E-state index is 0.221. The van der Waals surface area contributed by atoms with Gasteiger partial charge in [0.2, 0.25) is 17.7 Å². The Morgan fingerprint density at radius 3 is 2.29 bits per heavy atom. The second-order valence-corrected chi connectivity index (χ2v) is 13.6. The summed E-state index contributed by atoms with van der Waals surface area (Å²) in [7, 11) is 0. The first kappa shape index (κ1) is 37.8. The molecule has 1 heterocycles. The first-order valence-electron chi connectivity index (χ1n) is 16.9. The summed E-state index contributed by atoms with van der Waals surface area (Å²) < 4.78 is 6.09. The van der Waals surface area contributed by atoms with Gasteiger partial charge in [-0.05, 0) is 75.3 Å². The van der Waals surface area contributed by atoms with Crippen LogP contribution in [0.4, 0.5) is 0 Å². The molecule has 0 spiro atoms. The number of benzene rings is 3. The number of carbonyl (C=O) groups is 3. The number of rotatable bonds is 16. The van der Waals surface area contributed by atoms with Crippen molar-refractivity contribution in [3.05, 3.63) is 119 Å². The number of halogens is 1. The number of aliphatic hydroxyl groups is 1. The van der Waals surface area contributed by atoms with Crippen LogP contribution in [0.3, 0.4) is 0 Å². The maximum Gasteiger partial charge on any atom is 0.248 e. The van der Waals surface area contributed by atoms with Gasteiger partial charge >= 0.3 is 0 Å². The minimum atomic E-state index is -1.04. The van der Waals surface area contributed by atoms with Gasteiger partial charge in [-0.25, -0.2) is 0 Å². The predicted molar refractivity (Wildman–Crippen MR) is 193 cm³/mol. The molecule has 0 aromatic heterocycles. The third-order valence-corrected chi connectivity index (χ3v) is 9.17. The number of hydrogen-bond donors (Lipinski definition) is 4. The third-order valence-electron chi connectivity index (χ3n) is 8.93. The fraction of sp³-hybridized carbons (Fsp3) is 0.410. The summed E-state index contributed by atoms with van der Waals surface area (Å²) in [6.45, 7) is 5.74. The lowest BCUT2D eigenvalue weighted by Crippen LogP contribution is -2.57. The first-order chi connectivity index (χ1) is 23.5. The number of nitrogens with one attached hydrogen (secondary N) is 2. The Kier molecular flexibility index (Phi) is 14.0. The van der Waals surface area contributed by atoms with Gasteiger partial charge < -0.3 is 31.1 Å². The zero-order valence-electron chi connectivity index (χ0n) is 28.6. The second-order valence-electron chi connectivity index (χ2n) is 13.1. The number of nitrogens with two attached hydrogens (primary N) is 1. The van der Waals surface area contributed by atoms with Crippen molar-refractivity contribution < 1.29 is 24.2 Å². The van der Waals surface area contributed by atoms with Crippen LogP contribution in [0.2, 0.25) is 5.02 Å². The Labute approximate surface area is 294 Å². The van der Waals surface area contributed by atoms with E-state index in [9.17, 15) is 19.5 Å². The molecule has 0 aliphatic carbocycles. The van der Waals surface area contributed by atoms with Gasteiger partial charge in [0.05, 0.1) is 42.9 Å². The quantitative estimate of drug-likeness (QED) is 0.163. The molecule has 3 aromatic carbocycles. The minimum Gasteiger partial charge on any atom is -0.394 e. The van der Waals surface area contributed by atoms with Crippen LogP contribution in [0.5, 0.6) is 0 Å². The molecule has 0 radical (unpaired) electrons. The zero-order valence-corrected chi connectivity index (χ0v) is 29.3. The highest BCUT2D eigenvalue weighted by Crippen LogP contribution is 2.29. The number of aliphatic hydroxyl groups excluding tert-OH is 1. The molecule has 3 aromatic rings. The molecule has 5 N–H and O–H groups in total. The van der Waals surface area contributed by atoms with Gasteiger partial charge in [0.15, 0.2) is 0 Å². The molecular weight excluding hydrogens is 640 g/mol. The van der Waals surface area contributed by atoms with Gasteiger partial charge in [0, 0.05) is 11.6 Å². The highest BCUT2D eigenvalue weighted by atomic mass is 35.5. The highest BCUT2D eigenvalue weighted by molar-refractivity contribution is 6.30. The molecule has 1 aliphatic heterocycles. The van der Waals surface area contributed by atoms with Crippen molar-refractivity contribution in [1.82, 2.24) is 15.5 Å². The normalized spacial score (nSPS) is 18.3. The molecule has 1 fully saturated rings. The summed E-state index contributed by atoms with van der Waals surface area (Å²) >= 11 is 6.31. The van der Waals surface area contributed by atoms with E-state index in [1.807, 2.05) is 97.9 Å². The average molecular weight is 689 g/mol. The van der Waals surface area contributed by atoms with Crippen LogP contribution in [0.25, 0.3) is 0 Å². The summed E-state index contributed by atoms with van der Waals surface area (Å²) in [5.74, 6) is -0.968. The lowest BCUT2D eigenvalue weighted by molar-refractivity contribution is -0.141. The molecule has 0 bridgehead atoms. The van der Waals surface area contributed by atoms with E-state index in [-0.39, 0.29) is 31.1 Å². The zero-order chi connectivity index (χ0) is 35.4. The molecule has 3 amide bonds. The number of likely N-dealkylation sites (tertiary alicyclic amines) is 1. The van der Waals surface area contributed by atoms with Crippen LogP contribution >= 0.6 is 11.6 Å². The molecule has 4 rings (SSSR count). The number of hydrogen-bond acceptors (Lipinski definition) is 6. The van der Waals surface area contributed by atoms with E-state index in [1.165, 1.54) is 0 Å². The molecule has 262 valence electrons. The van der Waals surface area contributed by atoms with Gasteiger partial charge in [-0.3, -0.25) is 14.4 Å². The van der Waals surface area contributed by atoms with Gasteiger partial charge in [0.25, 0.3) is 0 Å². The third kappa shape index (κ3) is 11.0. The molecule has 6 atom stereocenters. The summed E-state index contributed by atoms with van der Waals surface area (Å²) in [6.07, 6.45) is 5.41. The van der Waals surface area contributed by atoms with Crippen LogP contribution in [0.1, 0.15) is 50.3 Å². The average Bonchev–Trinajstić information content (AvgIpc) is 3.57. The maximum absolute atomic E-state index is 14.1. The van der Waals surface area contributed by atoms with Gasteiger partial charge in [-0.2, -0.15) is 0 Å². The maximum atomic E-state index is 14.1. The Balaban J connectivity index is 1.56. The van der Waals surface area contributed by atoms with Crippen molar-refractivity contribution in [2.75, 3.05) is 13.2 Å². The first-order valence-corrected chi connectivity index (χ1v) is 17.3. The van der Waals surface area contributed by atoms with Crippen LogP contribution in [0.15, 0.2) is 97.1 Å². The SMILES string of the molecule is CC(OCc1ccccc1)[C@H](NC(=O)[C@H](C)N)C(=O)N1CCC[C@H]1/C=C/[C@@](C)(Cc1cccc(Cl)c1)C(=O)N[C@H](CO)Cc1ccccc1. The molecule has 1 saturated heterocycles.